The number of alkyl halides is 1. The van der Waals surface area contributed by atoms with Crippen LogP contribution in [0.5, 0.6) is 0 Å². The number of carbonyl (C=O) groups excluding carboxylic acids is 4. The van der Waals surface area contributed by atoms with Crippen molar-refractivity contribution >= 4 is 34.9 Å². The molecule has 0 spiro atoms. The minimum absolute atomic E-state index is 0.0170. The second-order valence-corrected chi connectivity index (χ2v) is 17.9. The van der Waals surface area contributed by atoms with Crippen molar-refractivity contribution in [3.05, 3.63) is 22.8 Å². The monoisotopic (exact) mass is 718 g/mol. The lowest BCUT2D eigenvalue weighted by Crippen LogP contribution is -2.55. The van der Waals surface area contributed by atoms with Crippen LogP contribution in [-0.2, 0) is 28.7 Å². The first-order chi connectivity index (χ1) is 23.3. The average molecular weight is 719 g/mol. The van der Waals surface area contributed by atoms with Crippen LogP contribution in [0.2, 0.25) is 0 Å². The number of Topliss-reactive ketones (excluding diaryl/α,β-unsaturated/α-hetero) is 3. The number of esters is 1. The minimum Gasteiger partial charge on any atom is -0.469 e. The first-order valence-corrected chi connectivity index (χ1v) is 19.5. The molecule has 2 fully saturated rings. The highest BCUT2D eigenvalue weighted by Crippen LogP contribution is 2.56. The average Bonchev–Trinajstić information content (AvgIpc) is 3.45. The van der Waals surface area contributed by atoms with Crippen LogP contribution < -0.4 is 0 Å². The predicted octanol–water partition coefficient (Wildman–Crippen LogP) is 7.49. The van der Waals surface area contributed by atoms with Crippen molar-refractivity contribution in [2.75, 3.05) is 7.11 Å². The van der Waals surface area contributed by atoms with Crippen LogP contribution in [0, 0.1) is 40.9 Å². The van der Waals surface area contributed by atoms with E-state index in [0.29, 0.717) is 37.7 Å². The largest absolute Gasteiger partial charge is 0.469 e. The van der Waals surface area contributed by atoms with E-state index in [1.807, 2.05) is 54.5 Å². The van der Waals surface area contributed by atoms with E-state index in [1.54, 1.807) is 6.92 Å². The van der Waals surface area contributed by atoms with Crippen LogP contribution in [-0.4, -0.2) is 69.4 Å². The lowest BCUT2D eigenvalue weighted by atomic mass is 9.52. The van der Waals surface area contributed by atoms with Crippen molar-refractivity contribution in [1.29, 1.82) is 0 Å². The highest BCUT2D eigenvalue weighted by atomic mass is 35.5. The SMILES string of the molecule is COC(=O)C12CC(=O)C(C(C)C)CC(=O)C(C)CCCC(C)CC(=O)C1CC(C)=C1C(O)CC(C)(O)C3CCC(C)(O3)C(Cl)CCC(C)=CC12. The van der Waals surface area contributed by atoms with Crippen LogP contribution >= 0.6 is 11.6 Å². The molecular formula is C41H63ClO8. The molecule has 9 heteroatoms. The van der Waals surface area contributed by atoms with Crippen molar-refractivity contribution in [3.8, 4) is 0 Å². The van der Waals surface area contributed by atoms with Gasteiger partial charge in [0.25, 0.3) is 0 Å². The Hall–Kier alpha value is -1.87. The maximum Gasteiger partial charge on any atom is 0.313 e. The van der Waals surface area contributed by atoms with E-state index in [9.17, 15) is 29.4 Å². The smallest absolute Gasteiger partial charge is 0.313 e. The summed E-state index contributed by atoms with van der Waals surface area (Å²) >= 11 is 7.01. The second-order valence-electron chi connectivity index (χ2n) is 17.3. The number of allylic oxidation sites excluding steroid dienone is 3. The molecule has 2 N–H and O–H groups in total. The first kappa shape index (κ1) is 40.9. The van der Waals surface area contributed by atoms with Gasteiger partial charge in [-0.2, -0.15) is 0 Å². The summed E-state index contributed by atoms with van der Waals surface area (Å²) in [5.74, 6) is -3.73. The molecular weight excluding hydrogens is 656 g/mol. The Labute approximate surface area is 305 Å². The fraction of sp³-hybridized carbons (Fsp3) is 0.805. The number of ether oxygens (including phenoxy) is 2. The highest BCUT2D eigenvalue weighted by Gasteiger charge is 2.60. The van der Waals surface area contributed by atoms with E-state index < -0.39 is 52.5 Å². The molecule has 0 radical (unpaired) electrons. The molecule has 0 aromatic carbocycles. The summed E-state index contributed by atoms with van der Waals surface area (Å²) in [5.41, 5.74) is -1.54. The van der Waals surface area contributed by atoms with Crippen molar-refractivity contribution in [2.45, 2.75) is 161 Å². The maximum absolute atomic E-state index is 14.7. The molecule has 50 heavy (non-hydrogen) atoms. The van der Waals surface area contributed by atoms with E-state index in [4.69, 9.17) is 21.1 Å². The Morgan fingerprint density at radius 3 is 2.32 bits per heavy atom. The fourth-order valence-electron chi connectivity index (χ4n) is 9.53. The number of aliphatic hydroxyl groups is 2. The molecule has 1 saturated carbocycles. The van der Waals surface area contributed by atoms with E-state index in [1.165, 1.54) is 7.11 Å². The molecule has 0 aromatic rings. The van der Waals surface area contributed by atoms with Gasteiger partial charge in [0, 0.05) is 49.4 Å². The second kappa shape index (κ2) is 16.0. The molecule has 11 unspecified atom stereocenters. The predicted molar refractivity (Wildman–Crippen MR) is 195 cm³/mol. The lowest BCUT2D eigenvalue weighted by molar-refractivity contribution is -0.167. The zero-order valence-corrected chi connectivity index (χ0v) is 32.7. The number of halogens is 1. The number of rotatable bonds is 2. The quantitative estimate of drug-likeness (QED) is 0.171. The van der Waals surface area contributed by atoms with Crippen LogP contribution in [0.15, 0.2) is 22.8 Å². The molecule has 1 saturated heterocycles. The lowest BCUT2D eigenvalue weighted by Gasteiger charge is -2.49. The van der Waals surface area contributed by atoms with Gasteiger partial charge in [0.05, 0.1) is 41.3 Å². The number of ketones is 3. The van der Waals surface area contributed by atoms with Gasteiger partial charge in [-0.05, 0) is 83.6 Å². The van der Waals surface area contributed by atoms with Gasteiger partial charge in [-0.25, -0.2) is 0 Å². The summed E-state index contributed by atoms with van der Waals surface area (Å²) in [6.45, 7) is 15.3. The summed E-state index contributed by atoms with van der Waals surface area (Å²) in [6.07, 6.45) is 4.97. The van der Waals surface area contributed by atoms with Gasteiger partial charge in [-0.15, -0.1) is 11.6 Å². The number of aliphatic hydroxyl groups excluding tert-OH is 1. The van der Waals surface area contributed by atoms with Crippen molar-refractivity contribution in [2.24, 2.45) is 40.9 Å². The highest BCUT2D eigenvalue weighted by molar-refractivity contribution is 6.21. The summed E-state index contributed by atoms with van der Waals surface area (Å²) in [7, 11) is 1.29. The Balaban J connectivity index is 1.98. The third kappa shape index (κ3) is 8.34. The molecule has 0 aromatic heterocycles. The van der Waals surface area contributed by atoms with Gasteiger partial charge < -0.3 is 19.7 Å². The van der Waals surface area contributed by atoms with Crippen LogP contribution in [0.25, 0.3) is 0 Å². The third-order valence-electron chi connectivity index (χ3n) is 12.9. The molecule has 4 aliphatic rings. The minimum atomic E-state index is -1.67. The zero-order chi connectivity index (χ0) is 37.3. The Bertz CT molecular complexity index is 1360. The van der Waals surface area contributed by atoms with Gasteiger partial charge in [-0.1, -0.05) is 57.8 Å². The normalized spacial score (nSPS) is 41.6. The molecule has 8 nitrogen and oxygen atoms in total. The van der Waals surface area contributed by atoms with E-state index >= 15 is 0 Å². The fourth-order valence-corrected chi connectivity index (χ4v) is 9.80. The Morgan fingerprint density at radius 2 is 1.68 bits per heavy atom. The summed E-state index contributed by atoms with van der Waals surface area (Å²) in [6, 6.07) is 0. The molecule has 282 valence electrons. The van der Waals surface area contributed by atoms with Crippen molar-refractivity contribution in [3.63, 3.8) is 0 Å². The topological polar surface area (TPSA) is 127 Å². The molecule has 0 amide bonds. The van der Waals surface area contributed by atoms with E-state index in [0.717, 1.165) is 24.0 Å². The molecule has 4 rings (SSSR count). The van der Waals surface area contributed by atoms with E-state index in [-0.39, 0.29) is 72.6 Å². The summed E-state index contributed by atoms with van der Waals surface area (Å²) in [4.78, 5) is 57.5. The number of carbonyl (C=O) groups is 4. The standard InChI is InChI=1S/C41H63ClO8/c1-23(2)28-20-31(43)26(5)12-10-11-24(3)18-32(44)29-19-27(6)37-30(41(29,22-33(28)45)38(47)49-9)17-25(4)13-14-35(42)40(8)16-15-36(50-40)39(7,48)21-34(37)46/h17,23-24,26,28-30,34-36,46,48H,10-16,18-22H2,1-9H3. The number of hydrogen-bond acceptors (Lipinski definition) is 8. The van der Waals surface area contributed by atoms with Crippen molar-refractivity contribution in [1.82, 2.24) is 0 Å². The van der Waals surface area contributed by atoms with Gasteiger partial charge in [0.1, 0.15) is 17.3 Å². The Morgan fingerprint density at radius 1 is 1.00 bits per heavy atom. The van der Waals surface area contributed by atoms with Crippen LogP contribution in [0.3, 0.4) is 0 Å². The number of hydrogen-bond donors (Lipinski definition) is 2. The number of fused-ring (bicyclic) bond motifs is 5. The molecule has 11 atom stereocenters. The molecule has 2 bridgehead atoms. The van der Waals surface area contributed by atoms with Gasteiger partial charge >= 0.3 is 5.97 Å². The summed E-state index contributed by atoms with van der Waals surface area (Å²) in [5, 5.41) is 23.7. The van der Waals surface area contributed by atoms with Crippen molar-refractivity contribution < 1.29 is 38.9 Å². The van der Waals surface area contributed by atoms with Crippen LogP contribution in [0.4, 0.5) is 0 Å². The first-order valence-electron chi connectivity index (χ1n) is 19.0. The molecule has 2 heterocycles. The van der Waals surface area contributed by atoms with E-state index in [2.05, 4.69) is 0 Å². The number of methoxy groups -OCH3 is 1. The summed E-state index contributed by atoms with van der Waals surface area (Å²) < 4.78 is 12.1. The molecule has 2 aliphatic carbocycles. The Kier molecular flexibility index (Phi) is 13.1. The maximum atomic E-state index is 14.7. The van der Waals surface area contributed by atoms with Gasteiger partial charge in [0.2, 0.25) is 0 Å². The van der Waals surface area contributed by atoms with Crippen LogP contribution in [0.1, 0.15) is 132 Å². The molecule has 2 aliphatic heterocycles. The third-order valence-corrected chi connectivity index (χ3v) is 13.6. The van der Waals surface area contributed by atoms with Gasteiger partial charge in [0.15, 0.2) is 0 Å². The van der Waals surface area contributed by atoms with Gasteiger partial charge in [-0.3, -0.25) is 19.2 Å². The zero-order valence-electron chi connectivity index (χ0n) is 32.0.